The van der Waals surface area contributed by atoms with Gasteiger partial charge in [0.25, 0.3) is 0 Å². The van der Waals surface area contributed by atoms with Crippen molar-refractivity contribution in [2.24, 2.45) is 0 Å². The first-order chi connectivity index (χ1) is 10.1. The minimum absolute atomic E-state index is 0.0386. The number of benzene rings is 2. The number of anilines is 1. The third kappa shape index (κ3) is 2.11. The maximum atomic E-state index is 14.2. The zero-order valence-corrected chi connectivity index (χ0v) is 12.5. The lowest BCUT2D eigenvalue weighted by molar-refractivity contribution is 0.0733. The Morgan fingerprint density at radius 2 is 2.05 bits per heavy atom. The lowest BCUT2D eigenvalue weighted by atomic mass is 10.00. The molecular formula is C16H12Cl2FNO. The number of hydrogen-bond donors (Lipinski definition) is 0. The van der Waals surface area contributed by atoms with Crippen molar-refractivity contribution in [3.63, 3.8) is 0 Å². The van der Waals surface area contributed by atoms with Gasteiger partial charge in [0.15, 0.2) is 0 Å². The molecule has 2 bridgehead atoms. The summed E-state index contributed by atoms with van der Waals surface area (Å²) in [6.07, 6.45) is 1.54. The number of hydrogen-bond acceptors (Lipinski definition) is 2. The summed E-state index contributed by atoms with van der Waals surface area (Å²) in [4.78, 5) is 5.91. The van der Waals surface area contributed by atoms with Crippen LogP contribution >= 0.6 is 23.2 Å². The maximum absolute atomic E-state index is 14.2. The first-order valence-corrected chi connectivity index (χ1v) is 7.57. The number of nitrogens with zero attached hydrogens (tertiary/aromatic N) is 1. The van der Waals surface area contributed by atoms with E-state index in [-0.39, 0.29) is 18.0 Å². The molecule has 1 fully saturated rings. The first-order valence-electron chi connectivity index (χ1n) is 6.82. The molecule has 5 heteroatoms. The van der Waals surface area contributed by atoms with Gasteiger partial charge in [-0.2, -0.15) is 0 Å². The van der Waals surface area contributed by atoms with E-state index in [9.17, 15) is 4.39 Å². The van der Waals surface area contributed by atoms with E-state index in [2.05, 4.69) is 0 Å². The van der Waals surface area contributed by atoms with Gasteiger partial charge in [0.2, 0.25) is 0 Å². The van der Waals surface area contributed by atoms with E-state index < -0.39 is 0 Å². The largest absolute Gasteiger partial charge is 0.269 e. The van der Waals surface area contributed by atoms with Gasteiger partial charge in [0.1, 0.15) is 5.82 Å². The predicted molar refractivity (Wildman–Crippen MR) is 81.3 cm³/mol. The second-order valence-corrected chi connectivity index (χ2v) is 6.26. The molecule has 4 rings (SSSR count). The molecule has 2 atom stereocenters. The summed E-state index contributed by atoms with van der Waals surface area (Å²) in [5, 5.41) is 2.92. The van der Waals surface area contributed by atoms with Crippen LogP contribution in [0.1, 0.15) is 23.6 Å². The van der Waals surface area contributed by atoms with Crippen LogP contribution in [0.15, 0.2) is 36.4 Å². The van der Waals surface area contributed by atoms with Gasteiger partial charge in [-0.15, -0.1) is 0 Å². The molecule has 0 amide bonds. The van der Waals surface area contributed by atoms with Crippen LogP contribution in [0.3, 0.4) is 0 Å². The van der Waals surface area contributed by atoms with Crippen LogP contribution in [-0.2, 0) is 11.3 Å². The molecule has 2 heterocycles. The Hall–Kier alpha value is -1.29. The van der Waals surface area contributed by atoms with Crippen molar-refractivity contribution in [2.45, 2.75) is 25.0 Å². The summed E-state index contributed by atoms with van der Waals surface area (Å²) in [5.41, 5.74) is 2.58. The van der Waals surface area contributed by atoms with Gasteiger partial charge in [0.05, 0.1) is 17.8 Å². The van der Waals surface area contributed by atoms with Crippen molar-refractivity contribution >= 4 is 28.9 Å². The van der Waals surface area contributed by atoms with Gasteiger partial charge in [-0.3, -0.25) is 4.84 Å². The van der Waals surface area contributed by atoms with Crippen LogP contribution in [0, 0.1) is 5.82 Å². The second-order valence-electron chi connectivity index (χ2n) is 5.42. The third-order valence-electron chi connectivity index (χ3n) is 4.09. The van der Waals surface area contributed by atoms with Gasteiger partial charge in [-0.25, -0.2) is 9.45 Å². The van der Waals surface area contributed by atoms with Crippen LogP contribution in [0.5, 0.6) is 0 Å². The molecule has 0 spiro atoms. The minimum Gasteiger partial charge on any atom is -0.269 e. The summed E-state index contributed by atoms with van der Waals surface area (Å²) in [6.45, 7) is 0. The number of halogens is 3. The topological polar surface area (TPSA) is 12.5 Å². The zero-order valence-electron chi connectivity index (χ0n) is 11.0. The van der Waals surface area contributed by atoms with E-state index in [1.54, 1.807) is 17.2 Å². The highest BCUT2D eigenvalue weighted by Crippen LogP contribution is 2.47. The van der Waals surface area contributed by atoms with Gasteiger partial charge in [-0.1, -0.05) is 29.3 Å². The maximum Gasteiger partial charge on any atom is 0.130 e. The molecule has 2 aliphatic heterocycles. The molecule has 2 aromatic rings. The van der Waals surface area contributed by atoms with Crippen LogP contribution < -0.4 is 5.06 Å². The molecule has 2 aromatic carbocycles. The number of hydroxylamine groups is 1. The molecule has 0 N–H and O–H groups in total. The average Bonchev–Trinajstić information content (AvgIpc) is 2.76. The summed E-state index contributed by atoms with van der Waals surface area (Å²) in [6, 6.07) is 10.3. The van der Waals surface area contributed by atoms with Gasteiger partial charge < -0.3 is 0 Å². The first kappa shape index (κ1) is 13.4. The van der Waals surface area contributed by atoms with E-state index in [0.29, 0.717) is 22.0 Å². The fraction of sp³-hybridized carbons (Fsp3) is 0.250. The monoisotopic (exact) mass is 323 g/mol. The normalized spacial score (nSPS) is 23.3. The Kier molecular flexibility index (Phi) is 3.10. The van der Waals surface area contributed by atoms with Crippen molar-refractivity contribution in [1.82, 2.24) is 0 Å². The van der Waals surface area contributed by atoms with E-state index in [4.69, 9.17) is 28.0 Å². The summed E-state index contributed by atoms with van der Waals surface area (Å²) in [7, 11) is 0. The van der Waals surface area contributed by atoms with Crippen molar-refractivity contribution in [2.75, 3.05) is 5.06 Å². The van der Waals surface area contributed by atoms with Gasteiger partial charge in [0, 0.05) is 28.5 Å². The smallest absolute Gasteiger partial charge is 0.130 e. The summed E-state index contributed by atoms with van der Waals surface area (Å²) in [5.74, 6) is -0.292. The molecular weight excluding hydrogens is 312 g/mol. The van der Waals surface area contributed by atoms with Gasteiger partial charge >= 0.3 is 0 Å². The van der Waals surface area contributed by atoms with Crippen LogP contribution in [0.25, 0.3) is 0 Å². The van der Waals surface area contributed by atoms with Crippen LogP contribution in [0.4, 0.5) is 10.1 Å². The minimum atomic E-state index is -0.292. The Bertz CT molecular complexity index is 701. The predicted octanol–water partition coefficient (Wildman–Crippen LogP) is 4.94. The van der Waals surface area contributed by atoms with Gasteiger partial charge in [-0.05, 0) is 35.9 Å². The van der Waals surface area contributed by atoms with E-state index >= 15 is 0 Å². The second kappa shape index (κ2) is 4.87. The quantitative estimate of drug-likeness (QED) is 0.737. The molecule has 0 saturated carbocycles. The van der Waals surface area contributed by atoms with Crippen molar-refractivity contribution < 1.29 is 9.23 Å². The fourth-order valence-corrected chi connectivity index (χ4v) is 3.69. The molecule has 2 aliphatic rings. The summed E-state index contributed by atoms with van der Waals surface area (Å²) < 4.78 is 14.2. The highest BCUT2D eigenvalue weighted by Gasteiger charge is 2.41. The standard InChI is InChI=1S/C16H12Cl2FNO/c17-10-4-5-14-9(6-10)7-11-8-15(20(14)21-11)16-12(18)2-1-3-13(16)19/h1-6,11,15H,7-8H2/t11-,15+/m1/s1. The summed E-state index contributed by atoms with van der Waals surface area (Å²) >= 11 is 12.3. The van der Waals surface area contributed by atoms with Crippen molar-refractivity contribution in [3.05, 3.63) is 63.4 Å². The lowest BCUT2D eigenvalue weighted by Gasteiger charge is -2.30. The number of rotatable bonds is 1. The Balaban J connectivity index is 1.82. The van der Waals surface area contributed by atoms with E-state index in [1.165, 1.54) is 6.07 Å². The zero-order chi connectivity index (χ0) is 14.6. The van der Waals surface area contributed by atoms with Crippen molar-refractivity contribution in [3.8, 4) is 0 Å². The molecule has 0 radical (unpaired) electrons. The molecule has 0 aromatic heterocycles. The molecule has 0 aliphatic carbocycles. The molecule has 0 unspecified atom stereocenters. The molecule has 2 nitrogen and oxygen atoms in total. The molecule has 1 saturated heterocycles. The molecule has 108 valence electrons. The fourth-order valence-electron chi connectivity index (χ4n) is 3.21. The highest BCUT2D eigenvalue weighted by atomic mass is 35.5. The van der Waals surface area contributed by atoms with E-state index in [1.807, 2.05) is 18.2 Å². The Labute approximate surface area is 132 Å². The van der Waals surface area contributed by atoms with Crippen LogP contribution in [-0.4, -0.2) is 6.10 Å². The average molecular weight is 324 g/mol. The lowest BCUT2D eigenvalue weighted by Crippen LogP contribution is -2.28. The van der Waals surface area contributed by atoms with Crippen LogP contribution in [0.2, 0.25) is 10.0 Å². The Morgan fingerprint density at radius 1 is 1.19 bits per heavy atom. The van der Waals surface area contributed by atoms with Crippen molar-refractivity contribution in [1.29, 1.82) is 0 Å². The highest BCUT2D eigenvalue weighted by molar-refractivity contribution is 6.31. The Morgan fingerprint density at radius 3 is 2.86 bits per heavy atom. The van der Waals surface area contributed by atoms with E-state index in [0.717, 1.165) is 17.7 Å². The molecule has 21 heavy (non-hydrogen) atoms. The number of fused-ring (bicyclic) bond motifs is 4. The SMILES string of the molecule is Fc1cccc(Cl)c1[C@@H]1C[C@H]2Cc3cc(Cl)ccc3N1O2. The third-order valence-corrected chi connectivity index (χ3v) is 4.66.